The van der Waals surface area contributed by atoms with Crippen LogP contribution in [-0.4, -0.2) is 71.7 Å². The molecule has 68 valence electrons. The van der Waals surface area contributed by atoms with Crippen LogP contribution in [0.1, 0.15) is 1.43 Å². The molecule has 0 rings (SSSR count). The van der Waals surface area contributed by atoms with E-state index in [0.29, 0.717) is 19.6 Å². The van der Waals surface area contributed by atoms with Crippen molar-refractivity contribution in [1.29, 1.82) is 0 Å². The molecule has 0 N–H and O–H groups in total. The maximum absolute atomic E-state index is 10.0. The van der Waals surface area contributed by atoms with Crippen molar-refractivity contribution in [1.82, 2.24) is 4.90 Å². The van der Waals surface area contributed by atoms with Gasteiger partial charge in [-0.3, -0.25) is 0 Å². The van der Waals surface area contributed by atoms with Crippen LogP contribution in [0.4, 0.5) is 0 Å². The van der Waals surface area contributed by atoms with Crippen molar-refractivity contribution in [2.24, 2.45) is 0 Å². The van der Waals surface area contributed by atoms with Crippen LogP contribution >= 0.6 is 0 Å². The molecule has 4 nitrogen and oxygen atoms in total. The molecule has 0 heterocycles. The summed E-state index contributed by atoms with van der Waals surface area (Å²) < 4.78 is 0. The van der Waals surface area contributed by atoms with Gasteiger partial charge >= 0.3 is 0 Å². The maximum atomic E-state index is 10.0. The van der Waals surface area contributed by atoms with E-state index in [2.05, 4.69) is 0 Å². The van der Waals surface area contributed by atoms with E-state index in [1.165, 1.54) is 0 Å². The molecule has 0 aromatic rings. The van der Waals surface area contributed by atoms with Gasteiger partial charge in [-0.25, -0.2) is 0 Å². The first kappa shape index (κ1) is 14.3. The summed E-state index contributed by atoms with van der Waals surface area (Å²) in [6.45, 7) is 0.263. The molecule has 5 heteroatoms. The molecule has 4 radical (unpaired) electrons. The predicted molar refractivity (Wildman–Crippen MR) is 38.9 cm³/mol. The topological polar surface area (TPSA) is 72.4 Å². The molecule has 0 unspecified atom stereocenters. The monoisotopic (exact) mass is 356 g/mol. The summed E-state index contributed by atoms with van der Waals surface area (Å²) in [6.07, 6.45) is 0. The summed E-state index contributed by atoms with van der Waals surface area (Å²) in [4.78, 5) is 1.60. The first-order valence-electron chi connectivity index (χ1n) is 3.31. The Labute approximate surface area is 88.5 Å². The first-order valence-corrected chi connectivity index (χ1v) is 3.31. The van der Waals surface area contributed by atoms with E-state index in [1.54, 1.807) is 4.90 Å². The van der Waals surface area contributed by atoms with E-state index in [9.17, 15) is 15.3 Å². The van der Waals surface area contributed by atoms with Gasteiger partial charge in [-0.05, 0) is 19.6 Å². The number of rotatable bonds is 6. The average molecular weight is 355 g/mol. The summed E-state index contributed by atoms with van der Waals surface area (Å²) in [5, 5.41) is 30.1. The van der Waals surface area contributed by atoms with Gasteiger partial charge < -0.3 is 20.2 Å². The van der Waals surface area contributed by atoms with Crippen LogP contribution < -0.4 is 15.3 Å². The van der Waals surface area contributed by atoms with Crippen molar-refractivity contribution in [2.75, 3.05) is 39.5 Å². The quantitative estimate of drug-likeness (QED) is 0.459. The van der Waals surface area contributed by atoms with Gasteiger partial charge in [0.25, 0.3) is 0 Å². The number of nitrogens with zero attached hydrogens (tertiary/aromatic N) is 1. The third-order valence-corrected chi connectivity index (χ3v) is 1.22. The molecule has 0 fully saturated rings. The third-order valence-electron chi connectivity index (χ3n) is 1.22. The van der Waals surface area contributed by atoms with Crippen molar-refractivity contribution in [3.8, 4) is 0 Å². The molecule has 0 amide bonds. The van der Waals surface area contributed by atoms with E-state index >= 15 is 0 Å². The fourth-order valence-electron chi connectivity index (χ4n) is 0.723. The standard InChI is InChI=1S/C6H12NO3.Pb.H2/c8-4-1-7(2-5-9)3-6-10;;/h1-6H2;;1H/q-3;;. The van der Waals surface area contributed by atoms with E-state index in [4.69, 9.17) is 0 Å². The van der Waals surface area contributed by atoms with Crippen LogP contribution in [0, 0.1) is 0 Å². The van der Waals surface area contributed by atoms with Gasteiger partial charge in [-0.1, -0.05) is 0 Å². The Morgan fingerprint density at radius 1 is 0.818 bits per heavy atom. The fourth-order valence-corrected chi connectivity index (χ4v) is 0.723. The Hall–Kier alpha value is 0.762. The van der Waals surface area contributed by atoms with E-state index in [1.807, 2.05) is 0 Å². The van der Waals surface area contributed by atoms with Crippen LogP contribution in [0.3, 0.4) is 0 Å². The summed E-state index contributed by atoms with van der Waals surface area (Å²) >= 11 is 0. The molecule has 0 atom stereocenters. The predicted octanol–water partition coefficient (Wildman–Crippen LogP) is -3.77. The zero-order valence-electron chi connectivity index (χ0n) is 6.41. The molecule has 0 aromatic carbocycles. The average Bonchev–Trinajstić information content (AvgIpc) is 1.90. The number of hydrogen-bond acceptors (Lipinski definition) is 4. The molecule has 0 saturated heterocycles. The Kier molecular flexibility index (Phi) is 14.0. The van der Waals surface area contributed by atoms with Gasteiger partial charge in [0.05, 0.1) is 0 Å². The van der Waals surface area contributed by atoms with Crippen molar-refractivity contribution < 1.29 is 16.7 Å². The second kappa shape index (κ2) is 10.8. The Balaban J connectivity index is -0.000000405. The van der Waals surface area contributed by atoms with Gasteiger partial charge in [0.15, 0.2) is 0 Å². The fraction of sp³-hybridized carbons (Fsp3) is 1.00. The van der Waals surface area contributed by atoms with Crippen LogP contribution in [0.25, 0.3) is 0 Å². The van der Waals surface area contributed by atoms with Gasteiger partial charge in [0.1, 0.15) is 0 Å². The number of hydrogen-bond donors (Lipinski definition) is 0. The van der Waals surface area contributed by atoms with Crippen LogP contribution in [-0.2, 0) is 0 Å². The molecular weight excluding hydrogens is 341 g/mol. The molecular formula is C6H14NO3Pb-3. The summed E-state index contributed by atoms with van der Waals surface area (Å²) in [5.41, 5.74) is 0. The SMILES string of the molecule is [HH].[O-]CCN(CC[O-])CC[O-].[Pb]. The Morgan fingerprint density at radius 2 is 1.09 bits per heavy atom. The molecule has 0 aliphatic rings. The van der Waals surface area contributed by atoms with Crippen molar-refractivity contribution in [2.45, 2.75) is 0 Å². The van der Waals surface area contributed by atoms with Crippen molar-refractivity contribution >= 4 is 27.3 Å². The Morgan fingerprint density at radius 3 is 1.27 bits per heavy atom. The van der Waals surface area contributed by atoms with Gasteiger partial charge in [-0.2, -0.15) is 0 Å². The van der Waals surface area contributed by atoms with Crippen molar-refractivity contribution in [3.63, 3.8) is 0 Å². The molecule has 0 aromatic heterocycles. The molecule has 0 saturated carbocycles. The minimum atomic E-state index is -0.236. The first-order chi connectivity index (χ1) is 4.85. The van der Waals surface area contributed by atoms with E-state index in [0.717, 1.165) is 0 Å². The zero-order chi connectivity index (χ0) is 7.82. The molecule has 0 spiro atoms. The van der Waals surface area contributed by atoms with E-state index < -0.39 is 0 Å². The van der Waals surface area contributed by atoms with Gasteiger partial charge in [-0.15, -0.1) is 19.8 Å². The van der Waals surface area contributed by atoms with Crippen LogP contribution in [0.15, 0.2) is 0 Å². The molecule has 0 bridgehead atoms. The van der Waals surface area contributed by atoms with Crippen molar-refractivity contribution in [3.05, 3.63) is 0 Å². The van der Waals surface area contributed by atoms with Gasteiger partial charge in [0, 0.05) is 28.7 Å². The largest absolute Gasteiger partial charge is 0.854 e. The second-order valence-corrected chi connectivity index (χ2v) is 1.95. The second-order valence-electron chi connectivity index (χ2n) is 1.95. The summed E-state index contributed by atoms with van der Waals surface area (Å²) in [7, 11) is 0. The molecule has 0 aliphatic heterocycles. The van der Waals surface area contributed by atoms with E-state index in [-0.39, 0.29) is 48.5 Å². The minimum absolute atomic E-state index is 0. The summed E-state index contributed by atoms with van der Waals surface area (Å²) in [5.74, 6) is 0. The Bertz CT molecular complexity index is 65.5. The third kappa shape index (κ3) is 8.67. The van der Waals surface area contributed by atoms with Gasteiger partial charge in [0.2, 0.25) is 0 Å². The summed E-state index contributed by atoms with van der Waals surface area (Å²) in [6, 6.07) is 0. The maximum Gasteiger partial charge on any atom is 0 e. The normalized spacial score (nSPS) is 9.82. The van der Waals surface area contributed by atoms with Crippen LogP contribution in [0.2, 0.25) is 0 Å². The zero-order valence-corrected chi connectivity index (χ0v) is 10.3. The smallest absolute Gasteiger partial charge is 0 e. The molecule has 0 aliphatic carbocycles. The minimum Gasteiger partial charge on any atom is -0.854 e. The van der Waals surface area contributed by atoms with Crippen LogP contribution in [0.5, 0.6) is 0 Å². The molecule has 11 heavy (non-hydrogen) atoms.